The molecular formula is C17H38O5Si3. The number of carbonyl (C=O) groups is 1. The van der Waals surface area contributed by atoms with E-state index in [0.717, 1.165) is 6.04 Å². The third kappa shape index (κ3) is 13.6. The van der Waals surface area contributed by atoms with Gasteiger partial charge in [-0.1, -0.05) is 13.5 Å². The molecule has 0 aromatic rings. The van der Waals surface area contributed by atoms with E-state index in [1.165, 1.54) is 0 Å². The lowest BCUT2D eigenvalue weighted by Gasteiger charge is -2.39. The van der Waals surface area contributed by atoms with Gasteiger partial charge in [0.05, 0.1) is 6.61 Å². The number of rotatable bonds is 12. The van der Waals surface area contributed by atoms with E-state index in [0.29, 0.717) is 24.7 Å². The average molecular weight is 407 g/mol. The van der Waals surface area contributed by atoms with Gasteiger partial charge in [0.15, 0.2) is 16.6 Å². The van der Waals surface area contributed by atoms with Crippen molar-refractivity contribution in [3.8, 4) is 0 Å². The molecule has 0 N–H and O–H groups in total. The number of ether oxygens (including phenoxy) is 2. The molecule has 0 radical (unpaired) electrons. The summed E-state index contributed by atoms with van der Waals surface area (Å²) in [5, 5.41) is 0. The van der Waals surface area contributed by atoms with Gasteiger partial charge in [0, 0.05) is 12.2 Å². The van der Waals surface area contributed by atoms with Gasteiger partial charge in [0.25, 0.3) is 0 Å². The first-order valence-electron chi connectivity index (χ1n) is 8.94. The van der Waals surface area contributed by atoms with Crippen molar-refractivity contribution >= 4 is 31.2 Å². The van der Waals surface area contributed by atoms with Crippen LogP contribution >= 0.6 is 0 Å². The van der Waals surface area contributed by atoms with Gasteiger partial charge >= 0.3 is 14.5 Å². The molecule has 25 heavy (non-hydrogen) atoms. The summed E-state index contributed by atoms with van der Waals surface area (Å²) in [6, 6.07) is 0.910. The van der Waals surface area contributed by atoms with Crippen LogP contribution in [-0.4, -0.2) is 51.0 Å². The summed E-state index contributed by atoms with van der Waals surface area (Å²) in [6.07, 6.45) is 0. The summed E-state index contributed by atoms with van der Waals surface area (Å²) in [7, 11) is -5.59. The fraction of sp³-hybridized carbons (Fsp3) is 0.824. The molecule has 0 aromatic carbocycles. The molecule has 0 fully saturated rings. The van der Waals surface area contributed by atoms with Gasteiger partial charge in [-0.05, 0) is 64.7 Å². The van der Waals surface area contributed by atoms with Crippen LogP contribution in [0.15, 0.2) is 12.2 Å². The zero-order valence-electron chi connectivity index (χ0n) is 17.7. The minimum Gasteiger partial charge on any atom is -0.460 e. The summed E-state index contributed by atoms with van der Waals surface area (Å²) in [4.78, 5) is 11.3. The Labute approximate surface area is 157 Å². The Morgan fingerprint density at radius 1 is 0.960 bits per heavy atom. The van der Waals surface area contributed by atoms with Crippen LogP contribution in [0.1, 0.15) is 13.8 Å². The van der Waals surface area contributed by atoms with Crippen LogP contribution in [0.2, 0.25) is 51.9 Å². The molecule has 0 spiro atoms. The average Bonchev–Trinajstić information content (AvgIpc) is 2.32. The quantitative estimate of drug-likeness (QED) is 0.206. The third-order valence-electron chi connectivity index (χ3n) is 2.98. The Kier molecular flexibility index (Phi) is 10.1. The van der Waals surface area contributed by atoms with Crippen molar-refractivity contribution in [1.82, 2.24) is 0 Å². The highest BCUT2D eigenvalue weighted by Gasteiger charge is 2.41. The van der Waals surface area contributed by atoms with Crippen LogP contribution in [0.3, 0.4) is 0 Å². The second-order valence-corrected chi connectivity index (χ2v) is 21.6. The molecule has 0 rings (SSSR count). The molecule has 0 saturated heterocycles. The molecule has 1 atom stereocenters. The van der Waals surface area contributed by atoms with Crippen molar-refractivity contribution in [2.75, 3.05) is 19.8 Å². The van der Waals surface area contributed by atoms with E-state index in [4.69, 9.17) is 17.7 Å². The zero-order chi connectivity index (χ0) is 19.9. The Morgan fingerprint density at radius 2 is 1.44 bits per heavy atom. The number of hydrogen-bond donors (Lipinski definition) is 0. The van der Waals surface area contributed by atoms with E-state index in [9.17, 15) is 4.79 Å². The molecule has 0 aliphatic rings. The smallest absolute Gasteiger partial charge is 0.333 e. The maximum absolute atomic E-state index is 11.3. The van der Waals surface area contributed by atoms with Gasteiger partial charge in [-0.25, -0.2) is 4.79 Å². The Balaban J connectivity index is 4.45. The van der Waals surface area contributed by atoms with E-state index in [2.05, 4.69) is 59.3 Å². The summed E-state index contributed by atoms with van der Waals surface area (Å²) in [5.74, 6) is -0.0371. The maximum Gasteiger partial charge on any atom is 0.333 e. The molecule has 5 nitrogen and oxygen atoms in total. The standard InChI is InChI=1S/C17H38O5Si3/c1-15(2)17(18)20-12-11-19-13-16(3)14-25(10,21-23(4,5)6)22-24(7,8)9/h16H,1,11-14H2,2-10H3. The van der Waals surface area contributed by atoms with Gasteiger partial charge in [0.1, 0.15) is 6.61 Å². The minimum atomic E-state index is -2.24. The van der Waals surface area contributed by atoms with E-state index in [-0.39, 0.29) is 12.6 Å². The van der Waals surface area contributed by atoms with Gasteiger partial charge in [0.2, 0.25) is 0 Å². The predicted molar refractivity (Wildman–Crippen MR) is 111 cm³/mol. The van der Waals surface area contributed by atoms with Crippen LogP contribution in [0, 0.1) is 5.92 Å². The van der Waals surface area contributed by atoms with Gasteiger partial charge in [-0.3, -0.25) is 0 Å². The summed E-state index contributed by atoms with van der Waals surface area (Å²) < 4.78 is 23.7. The Hall–Kier alpha value is -0.259. The summed E-state index contributed by atoms with van der Waals surface area (Å²) >= 11 is 0. The molecule has 0 saturated carbocycles. The second-order valence-electron chi connectivity index (χ2n) is 8.86. The lowest BCUT2D eigenvalue weighted by Crippen LogP contribution is -2.53. The van der Waals surface area contributed by atoms with Crippen LogP contribution < -0.4 is 0 Å². The van der Waals surface area contributed by atoms with Crippen molar-refractivity contribution in [3.63, 3.8) is 0 Å². The fourth-order valence-corrected chi connectivity index (χ4v) is 15.6. The van der Waals surface area contributed by atoms with Crippen molar-refractivity contribution in [3.05, 3.63) is 12.2 Å². The molecule has 1 unspecified atom stereocenters. The number of carbonyl (C=O) groups excluding carboxylic acids is 1. The van der Waals surface area contributed by atoms with Gasteiger partial charge in [-0.2, -0.15) is 0 Å². The van der Waals surface area contributed by atoms with Crippen molar-refractivity contribution in [1.29, 1.82) is 0 Å². The SMILES string of the molecule is C=C(C)C(=O)OCCOCC(C)C[Si](C)(O[Si](C)(C)C)O[Si](C)(C)C. The van der Waals surface area contributed by atoms with Crippen molar-refractivity contribution in [2.24, 2.45) is 5.92 Å². The number of hydrogen-bond acceptors (Lipinski definition) is 5. The first kappa shape index (κ1) is 24.7. The molecule has 148 valence electrons. The monoisotopic (exact) mass is 406 g/mol. The topological polar surface area (TPSA) is 54.0 Å². The van der Waals surface area contributed by atoms with E-state index >= 15 is 0 Å². The lowest BCUT2D eigenvalue weighted by atomic mass is 10.2. The molecule has 8 heteroatoms. The molecule has 0 bridgehead atoms. The maximum atomic E-state index is 11.3. The van der Waals surface area contributed by atoms with Crippen LogP contribution in [0.25, 0.3) is 0 Å². The van der Waals surface area contributed by atoms with Gasteiger partial charge < -0.3 is 17.7 Å². The molecular weight excluding hydrogens is 368 g/mol. The minimum absolute atomic E-state index is 0.254. The van der Waals surface area contributed by atoms with Crippen LogP contribution in [-0.2, 0) is 22.5 Å². The highest BCUT2D eigenvalue weighted by atomic mass is 28.5. The summed E-state index contributed by atoms with van der Waals surface area (Å²) in [6.45, 7) is 24.1. The van der Waals surface area contributed by atoms with E-state index in [1.807, 2.05) is 0 Å². The normalized spacial score (nSPS) is 14.3. The number of esters is 1. The highest BCUT2D eigenvalue weighted by Crippen LogP contribution is 2.27. The zero-order valence-corrected chi connectivity index (χ0v) is 20.7. The Morgan fingerprint density at radius 3 is 1.84 bits per heavy atom. The lowest BCUT2D eigenvalue weighted by molar-refractivity contribution is -0.140. The molecule has 0 aromatic heterocycles. The highest BCUT2D eigenvalue weighted by molar-refractivity contribution is 6.87. The molecule has 0 aliphatic carbocycles. The molecule has 0 heterocycles. The first-order valence-corrected chi connectivity index (χ1v) is 18.3. The van der Waals surface area contributed by atoms with Gasteiger partial charge in [-0.15, -0.1) is 0 Å². The predicted octanol–water partition coefficient (Wildman–Crippen LogP) is 4.53. The summed E-state index contributed by atoms with van der Waals surface area (Å²) in [5.41, 5.74) is 0.405. The van der Waals surface area contributed by atoms with E-state index < -0.39 is 25.2 Å². The van der Waals surface area contributed by atoms with Crippen LogP contribution in [0.4, 0.5) is 0 Å². The molecule has 0 amide bonds. The van der Waals surface area contributed by atoms with E-state index in [1.54, 1.807) is 6.92 Å². The molecule has 0 aliphatic heterocycles. The third-order valence-corrected chi connectivity index (χ3v) is 12.8. The van der Waals surface area contributed by atoms with Crippen LogP contribution in [0.5, 0.6) is 0 Å². The van der Waals surface area contributed by atoms with Crippen molar-refractivity contribution < 1.29 is 22.5 Å². The fourth-order valence-electron chi connectivity index (χ4n) is 2.69. The Bertz CT molecular complexity index is 425. The largest absolute Gasteiger partial charge is 0.460 e. The van der Waals surface area contributed by atoms with Crippen molar-refractivity contribution in [2.45, 2.75) is 65.7 Å². The first-order chi connectivity index (χ1) is 11.1. The second kappa shape index (κ2) is 10.2.